The zero-order valence-corrected chi connectivity index (χ0v) is 12.3. The van der Waals surface area contributed by atoms with Crippen LogP contribution in [0, 0.1) is 17.7 Å². The van der Waals surface area contributed by atoms with Crippen LogP contribution in [0.4, 0.5) is 4.39 Å². The lowest BCUT2D eigenvalue weighted by Gasteiger charge is -2.37. The van der Waals surface area contributed by atoms with Gasteiger partial charge in [0.2, 0.25) is 0 Å². The average molecular weight is 276 g/mol. The fourth-order valence-electron chi connectivity index (χ4n) is 3.29. The Bertz CT molecular complexity index is 444. The third-order valence-electron chi connectivity index (χ3n) is 4.42. The number of likely N-dealkylation sites (tertiary alicyclic amines) is 1. The van der Waals surface area contributed by atoms with Crippen molar-refractivity contribution in [2.24, 2.45) is 11.8 Å². The zero-order chi connectivity index (χ0) is 13.9. The van der Waals surface area contributed by atoms with E-state index in [-0.39, 0.29) is 5.82 Å². The number of nitrogens with zero attached hydrogens (tertiary/aromatic N) is 1. The second kappa shape index (κ2) is 6.23. The van der Waals surface area contributed by atoms with Crippen LogP contribution in [0.5, 0.6) is 0 Å². The van der Waals surface area contributed by atoms with Gasteiger partial charge in [0.05, 0.1) is 0 Å². The van der Waals surface area contributed by atoms with Crippen molar-refractivity contribution >= 4 is 0 Å². The summed E-state index contributed by atoms with van der Waals surface area (Å²) in [5.74, 6) is 1.52. The van der Waals surface area contributed by atoms with Crippen LogP contribution in [0.3, 0.4) is 0 Å². The van der Waals surface area contributed by atoms with E-state index in [1.54, 1.807) is 12.1 Å². The normalized spacial score (nSPS) is 27.7. The molecule has 1 aromatic rings. The first-order chi connectivity index (χ1) is 9.69. The van der Waals surface area contributed by atoms with Gasteiger partial charge in [-0.15, -0.1) is 0 Å². The lowest BCUT2D eigenvalue weighted by Crippen LogP contribution is -2.48. The largest absolute Gasteiger partial charge is 0.312 e. The molecule has 1 aliphatic heterocycles. The first kappa shape index (κ1) is 14.0. The van der Waals surface area contributed by atoms with Crippen LogP contribution >= 0.6 is 0 Å². The monoisotopic (exact) mass is 276 g/mol. The summed E-state index contributed by atoms with van der Waals surface area (Å²) in [5, 5.41) is 3.73. The van der Waals surface area contributed by atoms with Gasteiger partial charge in [0.15, 0.2) is 0 Å². The van der Waals surface area contributed by atoms with Crippen LogP contribution in [0.25, 0.3) is 0 Å². The highest BCUT2D eigenvalue weighted by atomic mass is 19.1. The highest BCUT2D eigenvalue weighted by Crippen LogP contribution is 2.28. The number of hydrogen-bond acceptors (Lipinski definition) is 2. The molecule has 1 saturated heterocycles. The summed E-state index contributed by atoms with van der Waals surface area (Å²) >= 11 is 0. The minimum absolute atomic E-state index is 0.129. The molecule has 1 N–H and O–H groups in total. The predicted molar refractivity (Wildman–Crippen MR) is 80.0 cm³/mol. The van der Waals surface area contributed by atoms with Gasteiger partial charge < -0.3 is 5.32 Å². The standard InChI is InChI=1S/C17H25FN2/c1-13-7-17(19-9-14-5-6-14)12-20(10-13)11-15-3-2-4-16(18)8-15/h2-4,8,13-14,17,19H,5-7,9-12H2,1H3. The Morgan fingerprint density at radius 1 is 1.30 bits per heavy atom. The van der Waals surface area contributed by atoms with Crippen LogP contribution in [0.15, 0.2) is 24.3 Å². The Labute approximate surface area is 121 Å². The minimum Gasteiger partial charge on any atom is -0.312 e. The molecule has 2 aliphatic rings. The topological polar surface area (TPSA) is 15.3 Å². The van der Waals surface area contributed by atoms with E-state index < -0.39 is 0 Å². The van der Waals surface area contributed by atoms with E-state index in [2.05, 4.69) is 17.1 Å². The highest BCUT2D eigenvalue weighted by molar-refractivity contribution is 5.16. The molecule has 0 spiro atoms. The van der Waals surface area contributed by atoms with Gasteiger partial charge in [0, 0.05) is 25.7 Å². The molecule has 3 rings (SSSR count). The second-order valence-electron chi connectivity index (χ2n) is 6.71. The maximum Gasteiger partial charge on any atom is 0.123 e. The molecule has 0 aromatic heterocycles. The molecule has 0 bridgehead atoms. The fraction of sp³-hybridized carbons (Fsp3) is 0.647. The molecule has 1 saturated carbocycles. The van der Waals surface area contributed by atoms with Crippen molar-refractivity contribution in [3.05, 3.63) is 35.6 Å². The van der Waals surface area contributed by atoms with Crippen LogP contribution in [0.2, 0.25) is 0 Å². The van der Waals surface area contributed by atoms with E-state index in [0.29, 0.717) is 12.0 Å². The molecule has 3 heteroatoms. The van der Waals surface area contributed by atoms with Crippen molar-refractivity contribution in [1.29, 1.82) is 0 Å². The van der Waals surface area contributed by atoms with E-state index >= 15 is 0 Å². The summed E-state index contributed by atoms with van der Waals surface area (Å²) in [5.41, 5.74) is 1.08. The molecule has 20 heavy (non-hydrogen) atoms. The molecule has 1 aliphatic carbocycles. The molecule has 2 nitrogen and oxygen atoms in total. The molecular formula is C17H25FN2. The lowest BCUT2D eigenvalue weighted by atomic mass is 9.95. The smallest absolute Gasteiger partial charge is 0.123 e. The Morgan fingerprint density at radius 3 is 2.90 bits per heavy atom. The Kier molecular flexibility index (Phi) is 4.37. The van der Waals surface area contributed by atoms with Gasteiger partial charge in [-0.2, -0.15) is 0 Å². The first-order valence-electron chi connectivity index (χ1n) is 7.89. The van der Waals surface area contributed by atoms with Gasteiger partial charge in [-0.3, -0.25) is 4.90 Å². The number of halogens is 1. The van der Waals surface area contributed by atoms with Gasteiger partial charge in [-0.1, -0.05) is 19.1 Å². The zero-order valence-electron chi connectivity index (χ0n) is 12.3. The Balaban J connectivity index is 1.54. The molecular weight excluding hydrogens is 251 g/mol. The summed E-state index contributed by atoms with van der Waals surface area (Å²) in [6.45, 7) is 6.59. The molecule has 2 fully saturated rings. The molecule has 2 unspecified atom stereocenters. The number of piperidine rings is 1. The van der Waals surface area contributed by atoms with Crippen LogP contribution < -0.4 is 5.32 Å². The van der Waals surface area contributed by atoms with Gasteiger partial charge >= 0.3 is 0 Å². The third kappa shape index (κ3) is 4.03. The van der Waals surface area contributed by atoms with Crippen molar-refractivity contribution in [2.45, 2.75) is 38.8 Å². The summed E-state index contributed by atoms with van der Waals surface area (Å²) in [7, 11) is 0. The quantitative estimate of drug-likeness (QED) is 0.889. The van der Waals surface area contributed by atoms with Crippen molar-refractivity contribution in [3.8, 4) is 0 Å². The number of benzene rings is 1. The third-order valence-corrected chi connectivity index (χ3v) is 4.42. The number of hydrogen-bond donors (Lipinski definition) is 1. The molecule has 0 amide bonds. The summed E-state index contributed by atoms with van der Waals surface area (Å²) in [4.78, 5) is 2.47. The summed E-state index contributed by atoms with van der Waals surface area (Å²) < 4.78 is 13.3. The SMILES string of the molecule is CC1CC(NCC2CC2)CN(Cc2cccc(F)c2)C1. The van der Waals surface area contributed by atoms with Crippen molar-refractivity contribution in [2.75, 3.05) is 19.6 Å². The fourth-order valence-corrected chi connectivity index (χ4v) is 3.29. The van der Waals surface area contributed by atoms with Gasteiger partial charge in [-0.05, 0) is 55.3 Å². The Hall–Kier alpha value is -0.930. The van der Waals surface area contributed by atoms with Crippen molar-refractivity contribution in [1.82, 2.24) is 10.2 Å². The Morgan fingerprint density at radius 2 is 2.15 bits per heavy atom. The van der Waals surface area contributed by atoms with E-state index in [1.807, 2.05) is 6.07 Å². The molecule has 2 atom stereocenters. The molecule has 1 heterocycles. The van der Waals surface area contributed by atoms with Crippen LogP contribution in [-0.2, 0) is 6.54 Å². The number of nitrogens with one attached hydrogen (secondary N) is 1. The average Bonchev–Trinajstić information content (AvgIpc) is 3.20. The second-order valence-corrected chi connectivity index (χ2v) is 6.71. The van der Waals surface area contributed by atoms with E-state index in [4.69, 9.17) is 0 Å². The van der Waals surface area contributed by atoms with Crippen molar-refractivity contribution in [3.63, 3.8) is 0 Å². The van der Waals surface area contributed by atoms with E-state index in [9.17, 15) is 4.39 Å². The minimum atomic E-state index is -0.129. The summed E-state index contributed by atoms with van der Waals surface area (Å²) in [6.07, 6.45) is 4.08. The van der Waals surface area contributed by atoms with Crippen LogP contribution in [-0.4, -0.2) is 30.6 Å². The first-order valence-corrected chi connectivity index (χ1v) is 7.89. The molecule has 110 valence electrons. The van der Waals surface area contributed by atoms with Gasteiger partial charge in [-0.25, -0.2) is 4.39 Å². The van der Waals surface area contributed by atoms with Gasteiger partial charge in [0.25, 0.3) is 0 Å². The van der Waals surface area contributed by atoms with Gasteiger partial charge in [0.1, 0.15) is 5.82 Å². The van der Waals surface area contributed by atoms with E-state index in [0.717, 1.165) is 31.1 Å². The van der Waals surface area contributed by atoms with Crippen molar-refractivity contribution < 1.29 is 4.39 Å². The lowest BCUT2D eigenvalue weighted by molar-refractivity contribution is 0.142. The maximum atomic E-state index is 13.3. The maximum absolute atomic E-state index is 13.3. The highest BCUT2D eigenvalue weighted by Gasteiger charge is 2.27. The molecule has 1 aromatic carbocycles. The van der Waals surface area contributed by atoms with E-state index in [1.165, 1.54) is 31.9 Å². The summed E-state index contributed by atoms with van der Waals surface area (Å²) in [6, 6.07) is 7.61. The predicted octanol–water partition coefficient (Wildman–Crippen LogP) is 3.04. The van der Waals surface area contributed by atoms with Crippen LogP contribution in [0.1, 0.15) is 31.7 Å². The molecule has 0 radical (unpaired) electrons. The number of rotatable bonds is 5.